The molecule has 0 aliphatic rings. The first-order valence-corrected chi connectivity index (χ1v) is 9.18. The lowest BCUT2D eigenvalue weighted by Gasteiger charge is -2.20. The van der Waals surface area contributed by atoms with Crippen molar-refractivity contribution in [1.82, 2.24) is 19.4 Å². The van der Waals surface area contributed by atoms with Gasteiger partial charge in [-0.15, -0.1) is 0 Å². The summed E-state index contributed by atoms with van der Waals surface area (Å²) in [6.45, 7) is 0. The zero-order chi connectivity index (χ0) is 17.0. The van der Waals surface area contributed by atoms with E-state index < -0.39 is 0 Å². The number of hydrogen-bond donors (Lipinski definition) is 0. The largest absolute Gasteiger partial charge is 1.00 e. The highest BCUT2D eigenvalue weighted by Crippen LogP contribution is 2.30. The first-order valence-electron chi connectivity index (χ1n) is 7.54. The summed E-state index contributed by atoms with van der Waals surface area (Å²) in [4.78, 5) is 16.1. The summed E-state index contributed by atoms with van der Waals surface area (Å²) in [6, 6.07) is 20.3. The highest BCUT2D eigenvalue weighted by molar-refractivity contribution is 7.99. The molecule has 130 valence electrons. The van der Waals surface area contributed by atoms with Crippen LogP contribution < -0.4 is 16.9 Å². The Hall–Kier alpha value is -1.60. The molecule has 0 saturated carbocycles. The third-order valence-electron chi connectivity index (χ3n) is 3.09. The molecule has 0 radical (unpaired) electrons. The molecule has 7 heteroatoms. The van der Waals surface area contributed by atoms with E-state index in [0.717, 1.165) is 26.1 Å². The Labute approximate surface area is 163 Å². The second kappa shape index (κ2) is 8.67. The molecule has 0 N–H and O–H groups in total. The molecule has 25 heavy (non-hydrogen) atoms. The lowest BCUT2D eigenvalue weighted by atomic mass is 10.4. The smallest absolute Gasteiger partial charge is 0.333 e. The van der Waals surface area contributed by atoms with E-state index in [1.165, 1.54) is 0 Å². The van der Waals surface area contributed by atoms with Crippen molar-refractivity contribution in [3.63, 3.8) is 0 Å². The average Bonchev–Trinajstić information content (AvgIpc) is 2.56. The van der Waals surface area contributed by atoms with Crippen molar-refractivity contribution < 1.29 is 12.4 Å². The topological polar surface area (TPSA) is 38.7 Å². The molecule has 2 aromatic carbocycles. The summed E-state index contributed by atoms with van der Waals surface area (Å²) in [7, 11) is 6.18. The predicted octanol–water partition coefficient (Wildman–Crippen LogP) is 1.37. The van der Waals surface area contributed by atoms with Crippen LogP contribution in [-0.4, -0.2) is 36.1 Å². The number of halogens is 1. The monoisotopic (exact) mass is 390 g/mol. The summed E-state index contributed by atoms with van der Waals surface area (Å²) in [5, 5.41) is 1.44. The van der Waals surface area contributed by atoms with Gasteiger partial charge in [-0.3, -0.25) is 4.48 Å². The Morgan fingerprint density at radius 2 is 1.04 bits per heavy atom. The van der Waals surface area contributed by atoms with Crippen LogP contribution in [0.25, 0.3) is 0 Å². The fraction of sp³-hybridized carbons (Fsp3) is 0.167. The third-order valence-corrected chi connectivity index (χ3v) is 4.83. The fourth-order valence-electron chi connectivity index (χ4n) is 1.91. The molecule has 0 unspecified atom stereocenters. The quantitative estimate of drug-likeness (QED) is 0.615. The fourth-order valence-corrected chi connectivity index (χ4v) is 3.49. The standard InChI is InChI=1S/C18H19N4S2.ClH/c1-22(2,3)16-19-17(23-14-10-6-4-7-11-14)21-18(20-16)24-15-12-8-5-9-13-15;/h4-13H,1-3H3;1H/q+1;/p-1. The van der Waals surface area contributed by atoms with Gasteiger partial charge < -0.3 is 12.4 Å². The van der Waals surface area contributed by atoms with Crippen LogP contribution in [0, 0.1) is 0 Å². The van der Waals surface area contributed by atoms with Gasteiger partial charge in [0.1, 0.15) is 0 Å². The number of nitrogens with zero attached hydrogens (tertiary/aromatic N) is 4. The minimum atomic E-state index is 0. The van der Waals surface area contributed by atoms with Crippen molar-refractivity contribution in [2.75, 3.05) is 21.1 Å². The Morgan fingerprint density at radius 3 is 1.40 bits per heavy atom. The van der Waals surface area contributed by atoms with Crippen LogP contribution in [-0.2, 0) is 0 Å². The minimum Gasteiger partial charge on any atom is -1.00 e. The maximum absolute atomic E-state index is 4.64. The van der Waals surface area contributed by atoms with Crippen molar-refractivity contribution in [3.05, 3.63) is 60.7 Å². The molecule has 0 atom stereocenters. The molecule has 3 rings (SSSR count). The Bertz CT molecular complexity index is 749. The Morgan fingerprint density at radius 1 is 0.640 bits per heavy atom. The number of hydrogen-bond acceptors (Lipinski definition) is 5. The van der Waals surface area contributed by atoms with Crippen LogP contribution >= 0.6 is 23.5 Å². The lowest BCUT2D eigenvalue weighted by molar-refractivity contribution is -0.00000516. The molecule has 1 aromatic heterocycles. The molecule has 0 fully saturated rings. The zero-order valence-electron chi connectivity index (χ0n) is 14.3. The number of quaternary nitrogens is 1. The van der Waals surface area contributed by atoms with E-state index in [9.17, 15) is 0 Å². The normalized spacial score (nSPS) is 11.0. The van der Waals surface area contributed by atoms with E-state index >= 15 is 0 Å². The molecule has 3 aromatic rings. The number of benzene rings is 2. The Balaban J connectivity index is 0.00000225. The molecule has 0 saturated heterocycles. The van der Waals surface area contributed by atoms with Crippen LogP contribution in [0.1, 0.15) is 0 Å². The minimum absolute atomic E-state index is 0. The van der Waals surface area contributed by atoms with Crippen LogP contribution in [0.5, 0.6) is 0 Å². The molecule has 0 aliphatic carbocycles. The average molecular weight is 391 g/mol. The van der Waals surface area contributed by atoms with E-state index in [0.29, 0.717) is 4.48 Å². The van der Waals surface area contributed by atoms with Crippen molar-refractivity contribution >= 4 is 29.5 Å². The highest BCUT2D eigenvalue weighted by atomic mass is 35.5. The van der Waals surface area contributed by atoms with Gasteiger partial charge in [-0.25, -0.2) is 0 Å². The zero-order valence-corrected chi connectivity index (χ0v) is 16.6. The lowest BCUT2D eigenvalue weighted by Crippen LogP contribution is -3.00. The first-order chi connectivity index (χ1) is 11.5. The molecule has 0 spiro atoms. The van der Waals surface area contributed by atoms with Gasteiger partial charge in [0.15, 0.2) is 0 Å². The van der Waals surface area contributed by atoms with E-state index in [1.54, 1.807) is 23.5 Å². The van der Waals surface area contributed by atoms with E-state index in [2.05, 4.69) is 60.4 Å². The third kappa shape index (κ3) is 5.71. The predicted molar refractivity (Wildman–Crippen MR) is 101 cm³/mol. The van der Waals surface area contributed by atoms with Gasteiger partial charge in [0.2, 0.25) is 10.3 Å². The summed E-state index contributed by atoms with van der Waals surface area (Å²) < 4.78 is 0.549. The summed E-state index contributed by atoms with van der Waals surface area (Å²) in [6.07, 6.45) is 0. The maximum atomic E-state index is 4.64. The van der Waals surface area contributed by atoms with Crippen molar-refractivity contribution in [3.8, 4) is 0 Å². The molecule has 4 nitrogen and oxygen atoms in total. The molecule has 1 heterocycles. The van der Waals surface area contributed by atoms with Crippen LogP contribution in [0.4, 0.5) is 5.95 Å². The molecular weight excluding hydrogens is 372 g/mol. The highest BCUT2D eigenvalue weighted by Gasteiger charge is 2.20. The van der Waals surface area contributed by atoms with Crippen molar-refractivity contribution in [1.29, 1.82) is 0 Å². The molecule has 0 bridgehead atoms. The maximum Gasteiger partial charge on any atom is 0.333 e. The van der Waals surface area contributed by atoms with Crippen LogP contribution in [0.3, 0.4) is 0 Å². The summed E-state index contributed by atoms with van der Waals surface area (Å²) in [5.41, 5.74) is 0. The van der Waals surface area contributed by atoms with E-state index in [4.69, 9.17) is 0 Å². The summed E-state index contributed by atoms with van der Waals surface area (Å²) >= 11 is 3.11. The Kier molecular flexibility index (Phi) is 6.84. The van der Waals surface area contributed by atoms with Crippen LogP contribution in [0.15, 0.2) is 80.8 Å². The summed E-state index contributed by atoms with van der Waals surface area (Å²) in [5.74, 6) is 0.752. The number of rotatable bonds is 5. The van der Waals surface area contributed by atoms with Gasteiger partial charge in [0.25, 0.3) is 0 Å². The number of aromatic nitrogens is 3. The molecule has 0 aliphatic heterocycles. The van der Waals surface area contributed by atoms with E-state index in [-0.39, 0.29) is 12.4 Å². The second-order valence-corrected chi connectivity index (χ2v) is 8.12. The molecule has 0 amide bonds. The first kappa shape index (κ1) is 19.7. The second-order valence-electron chi connectivity index (χ2n) is 6.04. The van der Waals surface area contributed by atoms with Gasteiger partial charge in [-0.1, -0.05) is 36.4 Å². The van der Waals surface area contributed by atoms with Gasteiger partial charge in [-0.2, -0.15) is 15.0 Å². The van der Waals surface area contributed by atoms with Gasteiger partial charge in [0, 0.05) is 9.79 Å². The van der Waals surface area contributed by atoms with E-state index in [1.807, 2.05) is 36.4 Å². The van der Waals surface area contributed by atoms with Crippen molar-refractivity contribution in [2.24, 2.45) is 0 Å². The molecular formula is C18H19ClN4S2. The van der Waals surface area contributed by atoms with Gasteiger partial charge in [0.05, 0.1) is 21.1 Å². The van der Waals surface area contributed by atoms with Gasteiger partial charge >= 0.3 is 5.95 Å². The SMILES string of the molecule is C[N+](C)(C)c1nc(Sc2ccccc2)nc(Sc2ccccc2)n1.[Cl-]. The van der Waals surface area contributed by atoms with Crippen LogP contribution in [0.2, 0.25) is 0 Å². The van der Waals surface area contributed by atoms with Crippen molar-refractivity contribution in [2.45, 2.75) is 20.1 Å². The van der Waals surface area contributed by atoms with Gasteiger partial charge in [-0.05, 0) is 47.8 Å².